The maximum Gasteiger partial charge on any atom is 0.156 e. The van der Waals surface area contributed by atoms with Gasteiger partial charge in [0.05, 0.1) is 10.4 Å². The molecule has 90 valence electrons. The number of thiazole rings is 1. The van der Waals surface area contributed by atoms with E-state index in [1.165, 1.54) is 10.3 Å². The van der Waals surface area contributed by atoms with Gasteiger partial charge in [0.2, 0.25) is 0 Å². The Bertz CT molecular complexity index is 681. The van der Waals surface area contributed by atoms with E-state index in [0.717, 1.165) is 18.5 Å². The molecule has 0 fully saturated rings. The molecule has 0 aliphatic heterocycles. The Balaban J connectivity index is 1.86. The number of benzene rings is 1. The summed E-state index contributed by atoms with van der Waals surface area (Å²) < 4.78 is 2.25. The van der Waals surface area contributed by atoms with E-state index in [4.69, 9.17) is 0 Å². The molecule has 0 aliphatic rings. The van der Waals surface area contributed by atoms with Crippen LogP contribution in [0, 0.1) is 9.94 Å². The molecule has 0 radical (unpaired) electrons. The minimum absolute atomic E-state index is 0.875. The standard InChI is InChI=1S/C12H8IN3S2/c1-7-2-4-8(5-3-7)15-16-10-6-9-11(18-10)14-12(13)17-9/h2-6H,1H3. The van der Waals surface area contributed by atoms with Crippen molar-refractivity contribution in [3.63, 3.8) is 0 Å². The van der Waals surface area contributed by atoms with Gasteiger partial charge in [0.25, 0.3) is 0 Å². The zero-order valence-corrected chi connectivity index (χ0v) is 13.2. The van der Waals surface area contributed by atoms with Crippen LogP contribution in [0.2, 0.25) is 0 Å². The highest BCUT2D eigenvalue weighted by atomic mass is 127. The van der Waals surface area contributed by atoms with Gasteiger partial charge in [0.15, 0.2) is 3.01 Å². The fraction of sp³-hybridized carbons (Fsp3) is 0.0833. The summed E-state index contributed by atoms with van der Waals surface area (Å²) in [5.74, 6) is 0. The van der Waals surface area contributed by atoms with Crippen LogP contribution >= 0.6 is 45.3 Å². The minimum Gasteiger partial charge on any atom is -0.219 e. The van der Waals surface area contributed by atoms with Crippen LogP contribution in [0.1, 0.15) is 5.56 Å². The second-order valence-corrected chi connectivity index (χ2v) is 7.55. The summed E-state index contributed by atoms with van der Waals surface area (Å²) in [7, 11) is 0. The van der Waals surface area contributed by atoms with Crippen molar-refractivity contribution < 1.29 is 0 Å². The van der Waals surface area contributed by atoms with Crippen molar-refractivity contribution in [3.05, 3.63) is 38.9 Å². The summed E-state index contributed by atoms with van der Waals surface area (Å²) in [4.78, 5) is 5.47. The highest BCUT2D eigenvalue weighted by Gasteiger charge is 2.06. The summed E-state index contributed by atoms with van der Waals surface area (Å²) in [5, 5.41) is 9.38. The number of hydrogen-bond donors (Lipinski definition) is 0. The van der Waals surface area contributed by atoms with E-state index < -0.39 is 0 Å². The third-order valence-electron chi connectivity index (χ3n) is 2.35. The van der Waals surface area contributed by atoms with Gasteiger partial charge in [-0.25, -0.2) is 4.98 Å². The number of aromatic nitrogens is 1. The molecular formula is C12H8IN3S2. The fourth-order valence-electron chi connectivity index (χ4n) is 1.46. The Morgan fingerprint density at radius 1 is 1.11 bits per heavy atom. The molecule has 0 saturated carbocycles. The Labute approximate surface area is 126 Å². The van der Waals surface area contributed by atoms with Crippen LogP contribution in [-0.2, 0) is 0 Å². The van der Waals surface area contributed by atoms with Crippen LogP contribution in [0.3, 0.4) is 0 Å². The Morgan fingerprint density at radius 2 is 1.89 bits per heavy atom. The summed E-state index contributed by atoms with van der Waals surface area (Å²) in [6.07, 6.45) is 0. The summed E-state index contributed by atoms with van der Waals surface area (Å²) >= 11 is 5.49. The van der Waals surface area contributed by atoms with Gasteiger partial charge in [-0.3, -0.25) is 0 Å². The number of azo groups is 1. The first-order valence-corrected chi connectivity index (χ1v) is 7.96. The molecule has 0 N–H and O–H groups in total. The average Bonchev–Trinajstić information content (AvgIpc) is 2.85. The predicted molar refractivity (Wildman–Crippen MR) is 85.6 cm³/mol. The lowest BCUT2D eigenvalue weighted by atomic mass is 10.2. The molecule has 2 heterocycles. The van der Waals surface area contributed by atoms with Crippen molar-refractivity contribution in [2.45, 2.75) is 6.92 Å². The first kappa shape index (κ1) is 12.2. The summed E-state index contributed by atoms with van der Waals surface area (Å²) in [5.41, 5.74) is 2.10. The Morgan fingerprint density at radius 3 is 2.61 bits per heavy atom. The molecule has 0 atom stereocenters. The molecule has 6 heteroatoms. The molecule has 1 aromatic carbocycles. The van der Waals surface area contributed by atoms with E-state index >= 15 is 0 Å². The van der Waals surface area contributed by atoms with Gasteiger partial charge >= 0.3 is 0 Å². The molecule has 0 saturated heterocycles. The van der Waals surface area contributed by atoms with E-state index in [-0.39, 0.29) is 0 Å². The molecule has 0 unspecified atom stereocenters. The number of rotatable bonds is 2. The molecule has 0 aliphatic carbocycles. The van der Waals surface area contributed by atoms with Crippen LogP contribution < -0.4 is 0 Å². The maximum absolute atomic E-state index is 4.42. The highest BCUT2D eigenvalue weighted by Crippen LogP contribution is 2.36. The number of fused-ring (bicyclic) bond motifs is 1. The van der Waals surface area contributed by atoms with Gasteiger partial charge in [-0.1, -0.05) is 29.0 Å². The molecule has 3 aromatic rings. The van der Waals surface area contributed by atoms with Crippen molar-refractivity contribution in [2.75, 3.05) is 0 Å². The lowest BCUT2D eigenvalue weighted by molar-refractivity contribution is 1.25. The first-order chi connectivity index (χ1) is 8.70. The zero-order valence-electron chi connectivity index (χ0n) is 9.42. The number of hydrogen-bond acceptors (Lipinski definition) is 5. The lowest BCUT2D eigenvalue weighted by Gasteiger charge is -1.92. The van der Waals surface area contributed by atoms with Crippen molar-refractivity contribution in [1.29, 1.82) is 0 Å². The Kier molecular flexibility index (Phi) is 3.40. The normalized spacial score (nSPS) is 11.7. The maximum atomic E-state index is 4.42. The number of nitrogens with zero attached hydrogens (tertiary/aromatic N) is 3. The molecule has 2 aromatic heterocycles. The van der Waals surface area contributed by atoms with Gasteiger partial charge in [-0.2, -0.15) is 0 Å². The van der Waals surface area contributed by atoms with Crippen LogP contribution in [-0.4, -0.2) is 4.98 Å². The average molecular weight is 385 g/mol. The first-order valence-electron chi connectivity index (χ1n) is 5.25. The van der Waals surface area contributed by atoms with Gasteiger partial charge in [0.1, 0.15) is 9.83 Å². The number of halogens is 1. The predicted octanol–water partition coefficient (Wildman–Crippen LogP) is 5.69. The SMILES string of the molecule is Cc1ccc(N=Nc2cc3sc(I)nc3s2)cc1. The number of aryl methyl sites for hydroxylation is 1. The molecular weight excluding hydrogens is 377 g/mol. The van der Waals surface area contributed by atoms with Gasteiger partial charge < -0.3 is 0 Å². The summed E-state index contributed by atoms with van der Waals surface area (Å²) in [6, 6.07) is 10.0. The molecule has 3 nitrogen and oxygen atoms in total. The topological polar surface area (TPSA) is 37.6 Å². The van der Waals surface area contributed by atoms with Crippen molar-refractivity contribution in [3.8, 4) is 0 Å². The molecule has 18 heavy (non-hydrogen) atoms. The van der Waals surface area contributed by atoms with Crippen molar-refractivity contribution in [2.24, 2.45) is 10.2 Å². The minimum atomic E-state index is 0.875. The lowest BCUT2D eigenvalue weighted by Crippen LogP contribution is -1.67. The van der Waals surface area contributed by atoms with Crippen LogP contribution in [0.5, 0.6) is 0 Å². The van der Waals surface area contributed by atoms with Gasteiger partial charge in [0, 0.05) is 0 Å². The number of thiophene rings is 1. The third-order valence-corrected chi connectivity index (χ3v) is 5.08. The van der Waals surface area contributed by atoms with E-state index in [9.17, 15) is 0 Å². The zero-order chi connectivity index (χ0) is 12.5. The molecule has 0 spiro atoms. The highest BCUT2D eigenvalue weighted by molar-refractivity contribution is 14.1. The van der Waals surface area contributed by atoms with Crippen LogP contribution in [0.4, 0.5) is 10.7 Å². The summed E-state index contributed by atoms with van der Waals surface area (Å²) in [6.45, 7) is 2.06. The van der Waals surface area contributed by atoms with Crippen LogP contribution in [0.15, 0.2) is 40.6 Å². The van der Waals surface area contributed by atoms with Crippen molar-refractivity contribution >= 4 is 65.5 Å². The van der Waals surface area contributed by atoms with Crippen molar-refractivity contribution in [1.82, 2.24) is 4.98 Å². The third kappa shape index (κ3) is 2.60. The molecule has 3 rings (SSSR count). The quantitative estimate of drug-likeness (QED) is 0.413. The smallest absolute Gasteiger partial charge is 0.156 e. The van der Waals surface area contributed by atoms with Crippen LogP contribution in [0.25, 0.3) is 9.53 Å². The van der Waals surface area contributed by atoms with E-state index in [0.29, 0.717) is 0 Å². The van der Waals surface area contributed by atoms with E-state index in [2.05, 4.69) is 44.7 Å². The van der Waals surface area contributed by atoms with Gasteiger partial charge in [-0.15, -0.1) is 21.6 Å². The largest absolute Gasteiger partial charge is 0.219 e. The second-order valence-electron chi connectivity index (χ2n) is 3.76. The van der Waals surface area contributed by atoms with Gasteiger partial charge in [-0.05, 0) is 47.7 Å². The fourth-order valence-corrected chi connectivity index (χ4v) is 4.34. The van der Waals surface area contributed by atoms with E-state index in [1.54, 1.807) is 22.7 Å². The monoisotopic (exact) mass is 385 g/mol. The molecule has 0 bridgehead atoms. The molecule has 0 amide bonds. The Hall–Kier alpha value is -0.860. The van der Waals surface area contributed by atoms with E-state index in [1.807, 2.05) is 30.3 Å². The second kappa shape index (κ2) is 5.02.